The van der Waals surface area contributed by atoms with Crippen LogP contribution in [0.2, 0.25) is 0 Å². The number of carbonyl (C=O) groups is 3. The lowest BCUT2D eigenvalue weighted by Crippen LogP contribution is -2.52. The molecule has 3 aromatic carbocycles. The zero-order valence-corrected chi connectivity index (χ0v) is 34.4. The molecular weight excluding hydrogens is 775 g/mol. The molecule has 0 spiro atoms. The SMILES string of the molecule is Nc1ncnc2c1c(-c1ccc(Oc3ccccc3)cc1)nn2C1CCCN(CCOCCOCCN2CCC(c3ccc4c(c3)CN(C3CCC(=O)NC3=O)C4=O)CC2)C1. The van der Waals surface area contributed by atoms with E-state index < -0.39 is 6.04 Å². The molecule has 9 rings (SSSR count). The van der Waals surface area contributed by atoms with Gasteiger partial charge in [0.25, 0.3) is 5.91 Å². The van der Waals surface area contributed by atoms with Gasteiger partial charge in [0, 0.05) is 43.7 Å². The fourth-order valence-corrected chi connectivity index (χ4v) is 9.24. The Kier molecular flexibility index (Phi) is 12.3. The Labute approximate surface area is 355 Å². The summed E-state index contributed by atoms with van der Waals surface area (Å²) in [5.41, 5.74) is 11.8. The third kappa shape index (κ3) is 9.15. The van der Waals surface area contributed by atoms with Crippen LogP contribution in [-0.2, 0) is 25.6 Å². The highest BCUT2D eigenvalue weighted by molar-refractivity contribution is 6.05. The fraction of sp³-hybridized carbons (Fsp3) is 0.435. The summed E-state index contributed by atoms with van der Waals surface area (Å²) < 4.78 is 20.0. The first kappa shape index (κ1) is 40.7. The van der Waals surface area contributed by atoms with Crippen LogP contribution in [0.5, 0.6) is 11.5 Å². The van der Waals surface area contributed by atoms with Crippen LogP contribution in [0.4, 0.5) is 5.82 Å². The van der Waals surface area contributed by atoms with E-state index in [1.807, 2.05) is 65.3 Å². The number of likely N-dealkylation sites (tertiary alicyclic amines) is 2. The van der Waals surface area contributed by atoms with Crippen molar-refractivity contribution in [3.05, 3.63) is 95.8 Å². The van der Waals surface area contributed by atoms with Gasteiger partial charge in [-0.3, -0.25) is 24.6 Å². The molecule has 6 heterocycles. The van der Waals surface area contributed by atoms with E-state index in [-0.39, 0.29) is 30.2 Å². The van der Waals surface area contributed by atoms with E-state index in [0.717, 1.165) is 104 Å². The maximum Gasteiger partial charge on any atom is 0.255 e. The summed E-state index contributed by atoms with van der Waals surface area (Å²) in [7, 11) is 0. The third-order valence-electron chi connectivity index (χ3n) is 12.5. The zero-order valence-electron chi connectivity index (χ0n) is 34.4. The second-order valence-corrected chi connectivity index (χ2v) is 16.4. The number of nitrogen functional groups attached to an aromatic ring is 1. The quantitative estimate of drug-likeness (QED) is 0.105. The Morgan fingerprint density at radius 1 is 0.787 bits per heavy atom. The summed E-state index contributed by atoms with van der Waals surface area (Å²) in [4.78, 5) is 52.6. The Balaban J connectivity index is 0.684. The lowest BCUT2D eigenvalue weighted by atomic mass is 9.88. The number of rotatable bonds is 15. The Bertz CT molecular complexity index is 2350. The maximum absolute atomic E-state index is 13.1. The molecule has 2 atom stereocenters. The van der Waals surface area contributed by atoms with Gasteiger partial charge in [-0.1, -0.05) is 30.3 Å². The Morgan fingerprint density at radius 2 is 1.54 bits per heavy atom. The average molecular weight is 828 g/mol. The van der Waals surface area contributed by atoms with Crippen LogP contribution >= 0.6 is 0 Å². The van der Waals surface area contributed by atoms with Crippen molar-refractivity contribution in [3.8, 4) is 22.8 Å². The third-order valence-corrected chi connectivity index (χ3v) is 12.5. The van der Waals surface area contributed by atoms with Crippen molar-refractivity contribution >= 4 is 34.6 Å². The summed E-state index contributed by atoms with van der Waals surface area (Å²) in [6, 6.07) is 23.3. The predicted octanol–water partition coefficient (Wildman–Crippen LogP) is 5.18. The van der Waals surface area contributed by atoms with Gasteiger partial charge in [-0.05, 0) is 111 Å². The number of amides is 3. The van der Waals surface area contributed by atoms with Crippen LogP contribution in [-0.4, -0.2) is 124 Å². The van der Waals surface area contributed by atoms with E-state index in [0.29, 0.717) is 56.7 Å². The van der Waals surface area contributed by atoms with Gasteiger partial charge in [0.2, 0.25) is 11.8 Å². The van der Waals surface area contributed by atoms with Crippen molar-refractivity contribution in [3.63, 3.8) is 0 Å². The van der Waals surface area contributed by atoms with Crippen molar-refractivity contribution in [1.29, 1.82) is 0 Å². The van der Waals surface area contributed by atoms with E-state index in [4.69, 9.17) is 25.0 Å². The first-order chi connectivity index (χ1) is 29.9. The number of nitrogens with zero attached hydrogens (tertiary/aromatic N) is 7. The summed E-state index contributed by atoms with van der Waals surface area (Å²) in [5, 5.41) is 8.24. The monoisotopic (exact) mass is 827 g/mol. The van der Waals surface area contributed by atoms with Gasteiger partial charge >= 0.3 is 0 Å². The highest BCUT2D eigenvalue weighted by atomic mass is 16.5. The van der Waals surface area contributed by atoms with Gasteiger partial charge < -0.3 is 29.7 Å². The number of nitrogens with two attached hydrogens (primary N) is 1. The van der Waals surface area contributed by atoms with Crippen molar-refractivity contribution in [2.45, 2.75) is 63.1 Å². The number of anilines is 1. The van der Waals surface area contributed by atoms with Gasteiger partial charge in [-0.25, -0.2) is 14.6 Å². The normalized spacial score (nSPS) is 20.3. The van der Waals surface area contributed by atoms with Gasteiger partial charge in [0.15, 0.2) is 5.65 Å². The number of carbonyl (C=O) groups excluding carboxylic acids is 3. The molecule has 2 aromatic heterocycles. The number of aromatic nitrogens is 4. The molecule has 15 nitrogen and oxygen atoms in total. The minimum absolute atomic E-state index is 0.126. The highest BCUT2D eigenvalue weighted by Crippen LogP contribution is 2.36. The van der Waals surface area contributed by atoms with Gasteiger partial charge in [-0.15, -0.1) is 0 Å². The number of fused-ring (bicyclic) bond motifs is 2. The van der Waals surface area contributed by atoms with E-state index in [2.05, 4.69) is 37.2 Å². The van der Waals surface area contributed by atoms with Crippen LogP contribution < -0.4 is 15.8 Å². The van der Waals surface area contributed by atoms with E-state index in [9.17, 15) is 14.4 Å². The molecule has 3 saturated heterocycles. The molecule has 0 aliphatic carbocycles. The van der Waals surface area contributed by atoms with Crippen LogP contribution in [0.15, 0.2) is 79.1 Å². The van der Waals surface area contributed by atoms with Crippen molar-refractivity contribution in [2.24, 2.45) is 0 Å². The topological polar surface area (TPSA) is 170 Å². The van der Waals surface area contributed by atoms with Gasteiger partial charge in [-0.2, -0.15) is 5.10 Å². The molecule has 3 amide bonds. The number of ether oxygens (including phenoxy) is 3. The van der Waals surface area contributed by atoms with Gasteiger partial charge in [0.05, 0.1) is 37.9 Å². The Hall–Kier alpha value is -5.74. The molecule has 2 unspecified atom stereocenters. The standard InChI is InChI=1S/C46H53N9O6/c47-43-41-42(32-8-11-37(12-9-32)61-36-6-2-1-3-7-36)51-55(44(41)49-30-48-43)35-5-4-18-53(29-35)22-24-60-26-25-59-23-21-52-19-16-31(17-20-52)33-10-13-38-34(27-33)28-54(46(38)58)39-14-15-40(56)50-45(39)57/h1-3,6-13,27,30-31,35,39H,4-5,14-26,28-29H2,(H2,47,48,49)(H,50,56,57). The largest absolute Gasteiger partial charge is 0.457 e. The first-order valence-electron chi connectivity index (χ1n) is 21.6. The Morgan fingerprint density at radius 3 is 2.31 bits per heavy atom. The molecule has 0 bridgehead atoms. The number of nitrogens with one attached hydrogen (secondary N) is 1. The lowest BCUT2D eigenvalue weighted by Gasteiger charge is -2.32. The zero-order chi connectivity index (χ0) is 41.7. The van der Waals surface area contributed by atoms with Crippen LogP contribution in [0.3, 0.4) is 0 Å². The molecule has 318 valence electrons. The second kappa shape index (κ2) is 18.5. The molecule has 61 heavy (non-hydrogen) atoms. The molecule has 0 saturated carbocycles. The van der Waals surface area contributed by atoms with Crippen LogP contribution in [0.25, 0.3) is 22.3 Å². The lowest BCUT2D eigenvalue weighted by molar-refractivity contribution is -0.136. The summed E-state index contributed by atoms with van der Waals surface area (Å²) in [6.45, 7) is 8.38. The maximum atomic E-state index is 13.1. The molecule has 3 N–H and O–H groups in total. The van der Waals surface area contributed by atoms with Crippen molar-refractivity contribution in [1.82, 2.24) is 39.8 Å². The summed E-state index contributed by atoms with van der Waals surface area (Å²) in [5.74, 6) is 1.59. The molecule has 4 aliphatic rings. The van der Waals surface area contributed by atoms with E-state index in [1.54, 1.807) is 4.90 Å². The van der Waals surface area contributed by atoms with Crippen LogP contribution in [0.1, 0.15) is 72.0 Å². The molecule has 3 fully saturated rings. The van der Waals surface area contributed by atoms with Gasteiger partial charge in [0.1, 0.15) is 35.4 Å². The average Bonchev–Trinajstić information content (AvgIpc) is 3.84. The van der Waals surface area contributed by atoms with Crippen molar-refractivity contribution in [2.75, 3.05) is 71.4 Å². The van der Waals surface area contributed by atoms with E-state index in [1.165, 1.54) is 11.9 Å². The minimum atomic E-state index is -0.590. The number of piperidine rings is 3. The highest BCUT2D eigenvalue weighted by Gasteiger charge is 2.39. The van der Waals surface area contributed by atoms with E-state index >= 15 is 0 Å². The van der Waals surface area contributed by atoms with Crippen molar-refractivity contribution < 1.29 is 28.6 Å². The number of hydrogen-bond donors (Lipinski definition) is 2. The molecular formula is C46H53N9O6. The predicted molar refractivity (Wildman–Crippen MR) is 229 cm³/mol. The number of para-hydroxylation sites is 1. The smallest absolute Gasteiger partial charge is 0.255 e. The summed E-state index contributed by atoms with van der Waals surface area (Å²) >= 11 is 0. The first-order valence-corrected chi connectivity index (χ1v) is 21.6. The summed E-state index contributed by atoms with van der Waals surface area (Å²) in [6.07, 6.45) is 6.28. The van der Waals surface area contributed by atoms with Crippen LogP contribution in [0, 0.1) is 0 Å². The molecule has 0 radical (unpaired) electrons. The fourth-order valence-electron chi connectivity index (χ4n) is 9.24. The number of benzene rings is 3. The second-order valence-electron chi connectivity index (χ2n) is 16.4. The minimum Gasteiger partial charge on any atom is -0.457 e. The molecule has 15 heteroatoms. The molecule has 5 aromatic rings. The molecule has 4 aliphatic heterocycles. The number of imide groups is 1. The number of hydrogen-bond acceptors (Lipinski definition) is 12.